The minimum absolute atomic E-state index is 0. The maximum atomic E-state index is 13.6. The molecule has 0 bridgehead atoms. The standard InChI is InChI=1S/C18H21ClFN3OS.ClH/c1-22(11-15-5-6-17(19)25-15)18(24)12-23-8-7-21-10-16(23)13-3-2-4-14(20)9-13;/h2-6,9,16,21H,7-8,10-12H2,1H3;1H. The van der Waals surface area contributed by atoms with E-state index in [2.05, 4.69) is 10.2 Å². The predicted molar refractivity (Wildman–Crippen MR) is 107 cm³/mol. The Morgan fingerprint density at radius 2 is 2.23 bits per heavy atom. The Kier molecular flexibility index (Phi) is 7.85. The van der Waals surface area contributed by atoms with Crippen LogP contribution >= 0.6 is 35.3 Å². The van der Waals surface area contributed by atoms with Crippen LogP contribution in [0.3, 0.4) is 0 Å². The Morgan fingerprint density at radius 1 is 1.42 bits per heavy atom. The Labute approximate surface area is 168 Å². The van der Waals surface area contributed by atoms with Gasteiger partial charge in [0, 0.05) is 37.6 Å². The fourth-order valence-corrected chi connectivity index (χ4v) is 4.17. The number of hydrogen-bond acceptors (Lipinski definition) is 4. The van der Waals surface area contributed by atoms with E-state index in [1.54, 1.807) is 24.1 Å². The molecule has 1 aliphatic rings. The number of rotatable bonds is 5. The number of piperazine rings is 1. The number of benzene rings is 1. The summed E-state index contributed by atoms with van der Waals surface area (Å²) in [6.45, 7) is 3.15. The first-order valence-electron chi connectivity index (χ1n) is 8.21. The van der Waals surface area contributed by atoms with Gasteiger partial charge in [-0.2, -0.15) is 0 Å². The Hall–Kier alpha value is -1.18. The van der Waals surface area contributed by atoms with E-state index in [9.17, 15) is 9.18 Å². The van der Waals surface area contributed by atoms with Gasteiger partial charge in [-0.25, -0.2) is 4.39 Å². The Morgan fingerprint density at radius 3 is 2.92 bits per heavy atom. The summed E-state index contributed by atoms with van der Waals surface area (Å²) >= 11 is 7.43. The van der Waals surface area contributed by atoms with Crippen molar-refractivity contribution in [3.8, 4) is 0 Å². The van der Waals surface area contributed by atoms with Crippen molar-refractivity contribution in [2.45, 2.75) is 12.6 Å². The monoisotopic (exact) mass is 417 g/mol. The van der Waals surface area contributed by atoms with Crippen LogP contribution in [0.25, 0.3) is 0 Å². The van der Waals surface area contributed by atoms with Gasteiger partial charge < -0.3 is 10.2 Å². The summed E-state index contributed by atoms with van der Waals surface area (Å²) in [5.74, 6) is -0.200. The molecule has 0 saturated carbocycles. The lowest BCUT2D eigenvalue weighted by Gasteiger charge is -2.36. The van der Waals surface area contributed by atoms with E-state index >= 15 is 0 Å². The van der Waals surface area contributed by atoms with Gasteiger partial charge in [0.25, 0.3) is 0 Å². The molecule has 0 radical (unpaired) electrons. The van der Waals surface area contributed by atoms with E-state index in [4.69, 9.17) is 11.6 Å². The molecule has 8 heteroatoms. The molecule has 142 valence electrons. The number of likely N-dealkylation sites (N-methyl/N-ethyl adjacent to an activating group) is 1. The van der Waals surface area contributed by atoms with Gasteiger partial charge >= 0.3 is 0 Å². The summed E-state index contributed by atoms with van der Waals surface area (Å²) in [7, 11) is 1.80. The first-order chi connectivity index (χ1) is 12.0. The van der Waals surface area contributed by atoms with Crippen LogP contribution in [0.4, 0.5) is 4.39 Å². The molecular weight excluding hydrogens is 396 g/mol. The number of hydrogen-bond donors (Lipinski definition) is 1. The predicted octanol–water partition coefficient (Wildman–Crippen LogP) is 3.57. The van der Waals surface area contributed by atoms with Gasteiger partial charge in [0.1, 0.15) is 5.82 Å². The van der Waals surface area contributed by atoms with Crippen LogP contribution in [0.1, 0.15) is 16.5 Å². The minimum atomic E-state index is -0.249. The molecule has 0 spiro atoms. The summed E-state index contributed by atoms with van der Waals surface area (Å²) in [6, 6.07) is 10.4. The van der Waals surface area contributed by atoms with Gasteiger partial charge in [0.15, 0.2) is 0 Å². The van der Waals surface area contributed by atoms with E-state index < -0.39 is 0 Å². The number of thiophene rings is 1. The normalized spacial score (nSPS) is 17.6. The lowest BCUT2D eigenvalue weighted by molar-refractivity contribution is -0.132. The molecule has 1 aromatic carbocycles. The van der Waals surface area contributed by atoms with Crippen molar-refractivity contribution in [1.29, 1.82) is 0 Å². The maximum Gasteiger partial charge on any atom is 0.236 e. The third-order valence-corrected chi connectivity index (χ3v) is 5.59. The zero-order valence-electron chi connectivity index (χ0n) is 14.5. The van der Waals surface area contributed by atoms with Crippen LogP contribution in [-0.2, 0) is 11.3 Å². The molecule has 1 N–H and O–H groups in total. The number of nitrogens with one attached hydrogen (secondary N) is 1. The second kappa shape index (κ2) is 9.67. The first kappa shape index (κ1) is 21.1. The van der Waals surface area contributed by atoms with Crippen LogP contribution in [0, 0.1) is 5.82 Å². The smallest absolute Gasteiger partial charge is 0.236 e. The average Bonchev–Trinajstić information content (AvgIpc) is 3.00. The molecule has 1 saturated heterocycles. The SMILES string of the molecule is CN(Cc1ccc(Cl)s1)C(=O)CN1CCNCC1c1cccc(F)c1.Cl. The molecule has 3 rings (SSSR count). The van der Waals surface area contributed by atoms with Crippen molar-refractivity contribution in [2.75, 3.05) is 33.2 Å². The zero-order chi connectivity index (χ0) is 17.8. The summed E-state index contributed by atoms with van der Waals surface area (Å²) in [5.41, 5.74) is 0.896. The highest BCUT2D eigenvalue weighted by Gasteiger charge is 2.26. The van der Waals surface area contributed by atoms with Gasteiger partial charge in [0.05, 0.1) is 17.4 Å². The highest BCUT2D eigenvalue weighted by Crippen LogP contribution is 2.24. The number of nitrogens with zero attached hydrogens (tertiary/aromatic N) is 2. The van der Waals surface area contributed by atoms with E-state index in [-0.39, 0.29) is 30.2 Å². The largest absolute Gasteiger partial charge is 0.340 e. The van der Waals surface area contributed by atoms with Crippen LogP contribution < -0.4 is 5.32 Å². The summed E-state index contributed by atoms with van der Waals surface area (Å²) in [4.78, 5) is 17.5. The van der Waals surface area contributed by atoms with Crippen molar-refractivity contribution < 1.29 is 9.18 Å². The molecule has 1 unspecified atom stereocenters. The van der Waals surface area contributed by atoms with Gasteiger partial charge in [0.2, 0.25) is 5.91 Å². The topological polar surface area (TPSA) is 35.6 Å². The first-order valence-corrected chi connectivity index (χ1v) is 9.41. The summed E-state index contributed by atoms with van der Waals surface area (Å²) in [5, 5.41) is 3.33. The van der Waals surface area contributed by atoms with Gasteiger partial charge in [-0.05, 0) is 29.8 Å². The minimum Gasteiger partial charge on any atom is -0.340 e. The summed E-state index contributed by atoms with van der Waals surface area (Å²) < 4.78 is 14.3. The molecule has 2 aromatic rings. The summed E-state index contributed by atoms with van der Waals surface area (Å²) in [6.07, 6.45) is 0. The van der Waals surface area contributed by atoms with E-state index in [1.165, 1.54) is 17.4 Å². The molecule has 1 aliphatic heterocycles. The quantitative estimate of drug-likeness (QED) is 0.807. The van der Waals surface area contributed by atoms with E-state index in [0.717, 1.165) is 27.9 Å². The van der Waals surface area contributed by atoms with Crippen molar-refractivity contribution in [3.63, 3.8) is 0 Å². The molecule has 4 nitrogen and oxygen atoms in total. The molecule has 1 aromatic heterocycles. The highest BCUT2D eigenvalue weighted by atomic mass is 35.5. The third-order valence-electron chi connectivity index (χ3n) is 4.37. The third kappa shape index (κ3) is 5.41. The lowest BCUT2D eigenvalue weighted by Crippen LogP contribution is -2.49. The van der Waals surface area contributed by atoms with Gasteiger partial charge in [-0.1, -0.05) is 23.7 Å². The Bertz CT molecular complexity index is 743. The maximum absolute atomic E-state index is 13.6. The van der Waals surface area contributed by atoms with E-state index in [1.807, 2.05) is 18.2 Å². The molecular formula is C18H22Cl2FN3OS. The number of halogens is 3. The average molecular weight is 418 g/mol. The Balaban J connectivity index is 0.00000243. The highest BCUT2D eigenvalue weighted by molar-refractivity contribution is 7.16. The molecule has 1 atom stereocenters. The van der Waals surface area contributed by atoms with Crippen molar-refractivity contribution in [2.24, 2.45) is 0 Å². The number of amides is 1. The fourth-order valence-electron chi connectivity index (χ4n) is 3.03. The molecule has 0 aliphatic carbocycles. The molecule has 1 fully saturated rings. The molecule has 2 heterocycles. The van der Waals surface area contributed by atoms with Gasteiger partial charge in [-0.15, -0.1) is 23.7 Å². The van der Waals surface area contributed by atoms with E-state index in [0.29, 0.717) is 19.6 Å². The van der Waals surface area contributed by atoms with Crippen LogP contribution in [0.5, 0.6) is 0 Å². The van der Waals surface area contributed by atoms with Crippen LogP contribution in [0.2, 0.25) is 4.34 Å². The van der Waals surface area contributed by atoms with Crippen LogP contribution in [0.15, 0.2) is 36.4 Å². The lowest BCUT2D eigenvalue weighted by atomic mass is 10.0. The second-order valence-corrected chi connectivity index (χ2v) is 8.00. The zero-order valence-corrected chi connectivity index (χ0v) is 16.8. The molecule has 26 heavy (non-hydrogen) atoms. The van der Waals surface area contributed by atoms with Crippen LogP contribution in [-0.4, -0.2) is 48.9 Å². The van der Waals surface area contributed by atoms with Crippen molar-refractivity contribution >= 4 is 41.3 Å². The number of carbonyl (C=O) groups is 1. The molecule has 1 amide bonds. The van der Waals surface area contributed by atoms with Gasteiger partial charge in [-0.3, -0.25) is 9.69 Å². The van der Waals surface area contributed by atoms with Crippen molar-refractivity contribution in [1.82, 2.24) is 15.1 Å². The fraction of sp³-hybridized carbons (Fsp3) is 0.389. The number of carbonyl (C=O) groups excluding carboxylic acids is 1. The second-order valence-electron chi connectivity index (χ2n) is 6.20. The van der Waals surface area contributed by atoms with Crippen molar-refractivity contribution in [3.05, 3.63) is 57.0 Å².